The molecule has 0 radical (unpaired) electrons. The van der Waals surface area contributed by atoms with E-state index in [-0.39, 0.29) is 5.25 Å². The summed E-state index contributed by atoms with van der Waals surface area (Å²) in [4.78, 5) is 0. The first-order valence-electron chi connectivity index (χ1n) is 9.43. The van der Waals surface area contributed by atoms with E-state index in [9.17, 15) is 0 Å². The van der Waals surface area contributed by atoms with Gasteiger partial charge in [-0.3, -0.25) is 4.57 Å². The van der Waals surface area contributed by atoms with Gasteiger partial charge in [0, 0.05) is 17.7 Å². The van der Waals surface area contributed by atoms with E-state index in [4.69, 9.17) is 9.15 Å². The fourth-order valence-electron chi connectivity index (χ4n) is 2.93. The summed E-state index contributed by atoms with van der Waals surface area (Å²) in [6.45, 7) is 6.47. The molecule has 2 heterocycles. The normalized spacial score (nSPS) is 11.9. The van der Waals surface area contributed by atoms with Gasteiger partial charge in [-0.2, -0.15) is 0 Å². The van der Waals surface area contributed by atoms with Crippen LogP contribution in [-0.2, 0) is 6.54 Å². The number of hydrogen-bond acceptors (Lipinski definition) is 7. The number of rotatable bonds is 8. The molecule has 0 spiro atoms. The maximum atomic E-state index is 5.91. The second-order valence-corrected chi connectivity index (χ2v) is 7.81. The Balaban J connectivity index is 1.55. The highest BCUT2D eigenvalue weighted by molar-refractivity contribution is 7.99. The molecule has 4 aromatic rings. The molecule has 0 bridgehead atoms. The number of hydrogen-bond donors (Lipinski definition) is 0. The fraction of sp³-hybridized carbons (Fsp3) is 0.182. The number of ether oxygens (including phenoxy) is 1. The summed E-state index contributed by atoms with van der Waals surface area (Å²) in [5, 5.41) is 17.9. The molecule has 0 fully saturated rings. The average Bonchev–Trinajstić information content (AvgIpc) is 3.43. The highest BCUT2D eigenvalue weighted by Crippen LogP contribution is 2.36. The van der Waals surface area contributed by atoms with Gasteiger partial charge in [-0.15, -0.1) is 27.0 Å². The number of aromatic nitrogens is 5. The van der Waals surface area contributed by atoms with Gasteiger partial charge in [-0.05, 0) is 31.2 Å². The van der Waals surface area contributed by atoms with Crippen molar-refractivity contribution < 1.29 is 9.15 Å². The molecule has 30 heavy (non-hydrogen) atoms. The van der Waals surface area contributed by atoms with Crippen molar-refractivity contribution in [2.75, 3.05) is 7.11 Å². The van der Waals surface area contributed by atoms with Crippen LogP contribution in [0.5, 0.6) is 5.75 Å². The van der Waals surface area contributed by atoms with Crippen LogP contribution in [-0.4, -0.2) is 32.1 Å². The largest absolute Gasteiger partial charge is 0.497 e. The molecule has 8 heteroatoms. The Morgan fingerprint density at radius 3 is 2.50 bits per heavy atom. The molecule has 4 rings (SSSR count). The van der Waals surface area contributed by atoms with E-state index in [1.165, 1.54) is 11.8 Å². The second-order valence-electron chi connectivity index (χ2n) is 6.51. The molecule has 0 aliphatic rings. The first-order valence-corrected chi connectivity index (χ1v) is 10.3. The summed E-state index contributed by atoms with van der Waals surface area (Å²) in [6.07, 6.45) is 1.83. The zero-order valence-corrected chi connectivity index (χ0v) is 17.5. The average molecular weight is 420 g/mol. The summed E-state index contributed by atoms with van der Waals surface area (Å²) in [6, 6.07) is 17.5. The lowest BCUT2D eigenvalue weighted by molar-refractivity contribution is 0.415. The van der Waals surface area contributed by atoms with E-state index < -0.39 is 0 Å². The van der Waals surface area contributed by atoms with Gasteiger partial charge >= 0.3 is 0 Å². The van der Waals surface area contributed by atoms with Gasteiger partial charge in [-0.1, -0.05) is 48.2 Å². The van der Waals surface area contributed by atoms with Crippen LogP contribution >= 0.6 is 11.8 Å². The van der Waals surface area contributed by atoms with E-state index in [0.717, 1.165) is 27.9 Å². The molecule has 1 atom stereocenters. The predicted molar refractivity (Wildman–Crippen MR) is 116 cm³/mol. The van der Waals surface area contributed by atoms with Gasteiger partial charge in [0.05, 0.1) is 12.4 Å². The fourth-order valence-corrected chi connectivity index (χ4v) is 3.82. The lowest BCUT2D eigenvalue weighted by atomic mass is 10.2. The zero-order chi connectivity index (χ0) is 20.9. The number of thioether (sulfide) groups is 1. The third-order valence-corrected chi connectivity index (χ3v) is 5.54. The molecule has 0 saturated heterocycles. The van der Waals surface area contributed by atoms with Crippen LogP contribution in [0.4, 0.5) is 0 Å². The van der Waals surface area contributed by atoms with Crippen LogP contribution in [0.2, 0.25) is 0 Å². The Morgan fingerprint density at radius 2 is 1.80 bits per heavy atom. The molecule has 0 aliphatic heterocycles. The topological polar surface area (TPSA) is 78.9 Å². The Bertz CT molecular complexity index is 1120. The molecular weight excluding hydrogens is 398 g/mol. The number of methoxy groups -OCH3 is 1. The third-order valence-electron chi connectivity index (χ3n) is 4.47. The van der Waals surface area contributed by atoms with Crippen molar-refractivity contribution in [3.8, 4) is 28.6 Å². The summed E-state index contributed by atoms with van der Waals surface area (Å²) < 4.78 is 13.1. The first-order chi connectivity index (χ1) is 14.7. The van der Waals surface area contributed by atoms with Crippen LogP contribution in [0.1, 0.15) is 18.1 Å². The SMILES string of the molecule is C=CCn1c(S[C@@H](C)c2nnc(-c3ccc(OC)cc3)o2)nnc1-c1ccccc1. The van der Waals surface area contributed by atoms with Gasteiger partial charge in [0.25, 0.3) is 0 Å². The highest BCUT2D eigenvalue weighted by Gasteiger charge is 2.21. The van der Waals surface area contributed by atoms with E-state index >= 15 is 0 Å². The van der Waals surface area contributed by atoms with Crippen LogP contribution < -0.4 is 4.74 Å². The minimum absolute atomic E-state index is 0.0964. The van der Waals surface area contributed by atoms with E-state index in [2.05, 4.69) is 27.0 Å². The van der Waals surface area contributed by atoms with Crippen LogP contribution in [0.25, 0.3) is 22.8 Å². The van der Waals surface area contributed by atoms with Gasteiger partial charge < -0.3 is 9.15 Å². The number of benzene rings is 2. The zero-order valence-electron chi connectivity index (χ0n) is 16.7. The Morgan fingerprint density at radius 1 is 1.03 bits per heavy atom. The van der Waals surface area contributed by atoms with Gasteiger partial charge in [0.15, 0.2) is 11.0 Å². The molecular formula is C22H21N5O2S. The monoisotopic (exact) mass is 419 g/mol. The standard InChI is InChI=1S/C22H21N5O2S/c1-4-14-27-19(16-8-6-5-7-9-16)23-26-22(27)30-15(2)20-24-25-21(29-20)17-10-12-18(28-3)13-11-17/h4-13,15H,1,14H2,2-3H3/t15-/m0/s1. The molecule has 2 aromatic heterocycles. The van der Waals surface area contributed by atoms with Crippen molar-refractivity contribution in [3.63, 3.8) is 0 Å². The smallest absolute Gasteiger partial charge is 0.247 e. The Hall–Kier alpha value is -3.39. The van der Waals surface area contributed by atoms with E-state index in [1.807, 2.05) is 72.2 Å². The predicted octanol–water partition coefficient (Wildman–Crippen LogP) is 5.04. The Labute approximate surface area is 178 Å². The quantitative estimate of drug-likeness (QED) is 0.292. The van der Waals surface area contributed by atoms with Crippen molar-refractivity contribution in [3.05, 3.63) is 73.1 Å². The molecule has 0 N–H and O–H groups in total. The summed E-state index contributed by atoms with van der Waals surface area (Å²) in [5.74, 6) is 2.57. The Kier molecular flexibility index (Phi) is 5.94. The van der Waals surface area contributed by atoms with Crippen molar-refractivity contribution in [2.45, 2.75) is 23.9 Å². The maximum absolute atomic E-state index is 5.91. The summed E-state index contributed by atoms with van der Waals surface area (Å²) in [5.41, 5.74) is 1.85. The van der Waals surface area contributed by atoms with E-state index in [1.54, 1.807) is 7.11 Å². The first kappa shape index (κ1) is 19.9. The lowest BCUT2D eigenvalue weighted by Gasteiger charge is -2.09. The highest BCUT2D eigenvalue weighted by atomic mass is 32.2. The molecule has 2 aromatic carbocycles. The molecule has 0 aliphatic carbocycles. The van der Waals surface area contributed by atoms with Crippen LogP contribution in [0.15, 0.2) is 76.8 Å². The second kappa shape index (κ2) is 8.96. The van der Waals surface area contributed by atoms with Crippen molar-refractivity contribution in [1.82, 2.24) is 25.0 Å². The van der Waals surface area contributed by atoms with Crippen LogP contribution in [0.3, 0.4) is 0 Å². The van der Waals surface area contributed by atoms with Crippen molar-refractivity contribution >= 4 is 11.8 Å². The third kappa shape index (κ3) is 4.13. The summed E-state index contributed by atoms with van der Waals surface area (Å²) in [7, 11) is 1.63. The van der Waals surface area contributed by atoms with E-state index in [0.29, 0.717) is 18.3 Å². The lowest BCUT2D eigenvalue weighted by Crippen LogP contribution is -2.01. The molecule has 7 nitrogen and oxygen atoms in total. The number of allylic oxidation sites excluding steroid dienone is 1. The minimum atomic E-state index is -0.0964. The minimum Gasteiger partial charge on any atom is -0.497 e. The molecule has 0 saturated carbocycles. The van der Waals surface area contributed by atoms with Gasteiger partial charge in [-0.25, -0.2) is 0 Å². The van der Waals surface area contributed by atoms with Gasteiger partial charge in [0.1, 0.15) is 5.75 Å². The number of nitrogens with zero attached hydrogens (tertiary/aromatic N) is 5. The summed E-state index contributed by atoms with van der Waals surface area (Å²) >= 11 is 1.52. The maximum Gasteiger partial charge on any atom is 0.247 e. The molecule has 0 amide bonds. The van der Waals surface area contributed by atoms with Crippen LogP contribution in [0, 0.1) is 0 Å². The van der Waals surface area contributed by atoms with Gasteiger partial charge in [0.2, 0.25) is 11.8 Å². The molecule has 152 valence electrons. The van der Waals surface area contributed by atoms with Crippen molar-refractivity contribution in [1.29, 1.82) is 0 Å². The van der Waals surface area contributed by atoms with Crippen molar-refractivity contribution in [2.24, 2.45) is 0 Å². The molecule has 0 unspecified atom stereocenters.